The van der Waals surface area contributed by atoms with Gasteiger partial charge in [0, 0.05) is 12.8 Å². The average molecular weight is 274 g/mol. The summed E-state index contributed by atoms with van der Waals surface area (Å²) in [4.78, 5) is 12.2. The van der Waals surface area contributed by atoms with Gasteiger partial charge in [-0.3, -0.25) is 4.79 Å². The van der Waals surface area contributed by atoms with E-state index in [4.69, 9.17) is 4.74 Å². The minimum absolute atomic E-state index is 0.213. The van der Waals surface area contributed by atoms with Gasteiger partial charge in [-0.05, 0) is 31.2 Å². The van der Waals surface area contributed by atoms with E-state index in [2.05, 4.69) is 10.5 Å². The molecular weight excluding hydrogens is 252 g/mol. The van der Waals surface area contributed by atoms with Gasteiger partial charge in [-0.2, -0.15) is 5.10 Å². The maximum atomic E-state index is 12.2. The van der Waals surface area contributed by atoms with Crippen molar-refractivity contribution in [2.75, 3.05) is 7.11 Å². The third kappa shape index (κ3) is 4.17. The number of nitrogens with zero attached hydrogens (tertiary/aromatic N) is 1. The van der Waals surface area contributed by atoms with Crippen LogP contribution in [0.4, 0.5) is 0 Å². The summed E-state index contributed by atoms with van der Waals surface area (Å²) >= 11 is 0. The minimum atomic E-state index is -0.605. The van der Waals surface area contributed by atoms with Crippen molar-refractivity contribution in [1.82, 2.24) is 5.43 Å². The van der Waals surface area contributed by atoms with Gasteiger partial charge in [0.05, 0.1) is 0 Å². The number of carbonyl (C=O) groups is 1. The van der Waals surface area contributed by atoms with Crippen LogP contribution in [0.15, 0.2) is 35.4 Å². The third-order valence-electron chi connectivity index (χ3n) is 3.58. The number of hydrogen-bond donors (Lipinski definition) is 1. The molecule has 0 bridgehead atoms. The van der Waals surface area contributed by atoms with Crippen LogP contribution in [0, 0.1) is 0 Å². The molecule has 1 aliphatic carbocycles. The van der Waals surface area contributed by atoms with Gasteiger partial charge < -0.3 is 4.74 Å². The normalized spacial score (nSPS) is 17.1. The summed E-state index contributed by atoms with van der Waals surface area (Å²) in [5, 5.41) is 4.27. The molecule has 1 aromatic carbocycles. The number of carbonyl (C=O) groups excluding carboxylic acids is 1. The molecule has 1 amide bonds. The van der Waals surface area contributed by atoms with Gasteiger partial charge in [-0.1, -0.05) is 43.2 Å². The molecule has 1 N–H and O–H groups in total. The SMILES string of the molecule is COC(C(=O)NN=C1CCCCCC1)c1ccccc1. The smallest absolute Gasteiger partial charge is 0.273 e. The zero-order valence-corrected chi connectivity index (χ0v) is 12.0. The van der Waals surface area contributed by atoms with E-state index in [1.165, 1.54) is 32.8 Å². The van der Waals surface area contributed by atoms with Gasteiger partial charge in [0.2, 0.25) is 0 Å². The molecule has 1 saturated carbocycles. The number of hydrazone groups is 1. The topological polar surface area (TPSA) is 50.7 Å². The molecular formula is C16H22N2O2. The Morgan fingerprint density at radius 1 is 1.15 bits per heavy atom. The van der Waals surface area contributed by atoms with Crippen molar-refractivity contribution in [1.29, 1.82) is 0 Å². The second kappa shape index (κ2) is 7.80. The lowest BCUT2D eigenvalue weighted by Gasteiger charge is -2.14. The van der Waals surface area contributed by atoms with Gasteiger partial charge in [0.15, 0.2) is 6.10 Å². The van der Waals surface area contributed by atoms with Gasteiger partial charge in [0.1, 0.15) is 0 Å². The van der Waals surface area contributed by atoms with E-state index in [0.29, 0.717) is 0 Å². The molecule has 0 aromatic heterocycles. The Kier molecular flexibility index (Phi) is 5.74. The highest BCUT2D eigenvalue weighted by Gasteiger charge is 2.19. The summed E-state index contributed by atoms with van der Waals surface area (Å²) in [6.07, 6.45) is 6.23. The number of amides is 1. The van der Waals surface area contributed by atoms with E-state index in [0.717, 1.165) is 24.1 Å². The van der Waals surface area contributed by atoms with Crippen molar-refractivity contribution in [3.05, 3.63) is 35.9 Å². The van der Waals surface area contributed by atoms with Crippen molar-refractivity contribution in [3.63, 3.8) is 0 Å². The number of methoxy groups -OCH3 is 1. The van der Waals surface area contributed by atoms with E-state index in [1.54, 1.807) is 0 Å². The Morgan fingerprint density at radius 3 is 2.40 bits per heavy atom. The zero-order valence-electron chi connectivity index (χ0n) is 12.0. The summed E-state index contributed by atoms with van der Waals surface area (Å²) in [5.41, 5.74) is 4.59. The third-order valence-corrected chi connectivity index (χ3v) is 3.58. The number of rotatable bonds is 4. The maximum absolute atomic E-state index is 12.2. The standard InChI is InChI=1S/C16H22N2O2/c1-20-15(13-9-5-4-6-10-13)16(19)18-17-14-11-7-2-3-8-12-14/h4-6,9-10,15H,2-3,7-8,11-12H2,1H3,(H,18,19). The zero-order chi connectivity index (χ0) is 14.2. The maximum Gasteiger partial charge on any atom is 0.273 e. The molecule has 4 nitrogen and oxygen atoms in total. The van der Waals surface area contributed by atoms with Crippen LogP contribution < -0.4 is 5.43 Å². The number of ether oxygens (including phenoxy) is 1. The quantitative estimate of drug-likeness (QED) is 0.677. The van der Waals surface area contributed by atoms with Crippen LogP contribution in [0.25, 0.3) is 0 Å². The summed E-state index contributed by atoms with van der Waals surface area (Å²) < 4.78 is 5.28. The lowest BCUT2D eigenvalue weighted by atomic mass is 10.1. The minimum Gasteiger partial charge on any atom is -0.367 e. The van der Waals surface area contributed by atoms with E-state index in [1.807, 2.05) is 30.3 Å². The summed E-state index contributed by atoms with van der Waals surface area (Å²) in [6.45, 7) is 0. The van der Waals surface area contributed by atoms with Crippen LogP contribution in [0.2, 0.25) is 0 Å². The van der Waals surface area contributed by atoms with E-state index in [-0.39, 0.29) is 5.91 Å². The predicted octanol–water partition coefficient (Wildman–Crippen LogP) is 3.20. The molecule has 4 heteroatoms. The lowest BCUT2D eigenvalue weighted by Crippen LogP contribution is -2.27. The van der Waals surface area contributed by atoms with Gasteiger partial charge >= 0.3 is 0 Å². The summed E-state index contributed by atoms with van der Waals surface area (Å²) in [7, 11) is 1.54. The second-order valence-electron chi connectivity index (χ2n) is 5.09. The van der Waals surface area contributed by atoms with E-state index >= 15 is 0 Å². The summed E-state index contributed by atoms with van der Waals surface area (Å²) in [5.74, 6) is -0.213. The van der Waals surface area contributed by atoms with Crippen molar-refractivity contribution in [2.24, 2.45) is 5.10 Å². The first-order valence-corrected chi connectivity index (χ1v) is 7.24. The van der Waals surface area contributed by atoms with Gasteiger partial charge in [0.25, 0.3) is 5.91 Å². The Bertz CT molecular complexity index is 447. The molecule has 20 heavy (non-hydrogen) atoms. The first kappa shape index (κ1) is 14.7. The molecule has 108 valence electrons. The molecule has 0 spiro atoms. The fraction of sp³-hybridized carbons (Fsp3) is 0.500. The molecule has 1 fully saturated rings. The molecule has 0 radical (unpaired) electrons. The van der Waals surface area contributed by atoms with Crippen molar-refractivity contribution >= 4 is 11.6 Å². The molecule has 1 aromatic rings. The molecule has 1 aliphatic rings. The first-order valence-electron chi connectivity index (χ1n) is 7.24. The van der Waals surface area contributed by atoms with Crippen LogP contribution in [-0.2, 0) is 9.53 Å². The van der Waals surface area contributed by atoms with Gasteiger partial charge in [-0.15, -0.1) is 0 Å². The van der Waals surface area contributed by atoms with E-state index < -0.39 is 6.10 Å². The van der Waals surface area contributed by atoms with Crippen molar-refractivity contribution < 1.29 is 9.53 Å². The van der Waals surface area contributed by atoms with Crippen LogP contribution in [-0.4, -0.2) is 18.7 Å². The predicted molar refractivity (Wildman–Crippen MR) is 79.5 cm³/mol. The highest BCUT2D eigenvalue weighted by atomic mass is 16.5. The van der Waals surface area contributed by atoms with Gasteiger partial charge in [-0.25, -0.2) is 5.43 Å². The summed E-state index contributed by atoms with van der Waals surface area (Å²) in [6, 6.07) is 9.47. The number of nitrogens with one attached hydrogen (secondary N) is 1. The average Bonchev–Trinajstić information content (AvgIpc) is 2.76. The van der Waals surface area contributed by atoms with Crippen LogP contribution in [0.3, 0.4) is 0 Å². The molecule has 1 atom stereocenters. The molecule has 0 saturated heterocycles. The van der Waals surface area contributed by atoms with Crippen LogP contribution in [0.5, 0.6) is 0 Å². The molecule has 1 unspecified atom stereocenters. The fourth-order valence-electron chi connectivity index (χ4n) is 2.46. The Labute approximate surface area is 120 Å². The van der Waals surface area contributed by atoms with E-state index in [9.17, 15) is 4.79 Å². The lowest BCUT2D eigenvalue weighted by molar-refractivity contribution is -0.131. The number of benzene rings is 1. The highest BCUT2D eigenvalue weighted by Crippen LogP contribution is 2.17. The monoisotopic (exact) mass is 274 g/mol. The van der Waals surface area contributed by atoms with Crippen LogP contribution in [0.1, 0.15) is 50.2 Å². The molecule has 0 aliphatic heterocycles. The molecule has 0 heterocycles. The van der Waals surface area contributed by atoms with Crippen LogP contribution >= 0.6 is 0 Å². The number of hydrogen-bond acceptors (Lipinski definition) is 3. The first-order chi connectivity index (χ1) is 9.81. The van der Waals surface area contributed by atoms with Crippen molar-refractivity contribution in [2.45, 2.75) is 44.6 Å². The van der Waals surface area contributed by atoms with Crippen molar-refractivity contribution in [3.8, 4) is 0 Å². The highest BCUT2D eigenvalue weighted by molar-refractivity contribution is 5.88. The largest absolute Gasteiger partial charge is 0.367 e. The fourth-order valence-corrected chi connectivity index (χ4v) is 2.46. The molecule has 2 rings (SSSR count). The Hall–Kier alpha value is -1.68. The Morgan fingerprint density at radius 2 is 1.80 bits per heavy atom. The Balaban J connectivity index is 1.97. The second-order valence-corrected chi connectivity index (χ2v) is 5.09.